The molecule has 1 amide bonds. The maximum atomic E-state index is 12.3. The predicted molar refractivity (Wildman–Crippen MR) is 124 cm³/mol. The predicted octanol–water partition coefficient (Wildman–Crippen LogP) is 4.21. The first kappa shape index (κ1) is 21.9. The molecule has 0 aliphatic carbocycles. The van der Waals surface area contributed by atoms with Gasteiger partial charge in [0.15, 0.2) is 6.61 Å². The molecule has 0 fully saturated rings. The topological polar surface area (TPSA) is 57.7 Å². The summed E-state index contributed by atoms with van der Waals surface area (Å²) in [6.07, 6.45) is 0. The fourth-order valence-corrected chi connectivity index (χ4v) is 3.12. The van der Waals surface area contributed by atoms with Crippen LogP contribution in [0.3, 0.4) is 0 Å². The Hall–Kier alpha value is -2.83. The van der Waals surface area contributed by atoms with Crippen LogP contribution in [0.15, 0.2) is 48.5 Å². The molecular weight excluding hydrogens is 400 g/mol. The van der Waals surface area contributed by atoms with E-state index in [1.165, 1.54) is 0 Å². The van der Waals surface area contributed by atoms with Crippen LogP contribution in [0.4, 0.5) is 11.5 Å². The van der Waals surface area contributed by atoms with E-state index in [0.29, 0.717) is 16.5 Å². The van der Waals surface area contributed by atoms with E-state index in [1.54, 1.807) is 24.3 Å². The number of benzene rings is 2. The second-order valence-electron chi connectivity index (χ2n) is 7.54. The number of anilines is 2. The van der Waals surface area contributed by atoms with Crippen LogP contribution in [0, 0.1) is 6.92 Å². The highest BCUT2D eigenvalue weighted by atomic mass is 35.5. The molecule has 0 saturated carbocycles. The molecule has 0 unspecified atom stereocenters. The third kappa shape index (κ3) is 5.84. The normalized spacial score (nSPS) is 11.0. The van der Waals surface area contributed by atoms with Gasteiger partial charge >= 0.3 is 0 Å². The zero-order chi connectivity index (χ0) is 21.7. The number of halogens is 1. The molecule has 1 N–H and O–H groups in total. The summed E-state index contributed by atoms with van der Waals surface area (Å²) in [7, 11) is 6.17. The molecule has 1 heterocycles. The Balaban J connectivity index is 1.67. The Morgan fingerprint density at radius 1 is 1.07 bits per heavy atom. The minimum absolute atomic E-state index is 0.0769. The van der Waals surface area contributed by atoms with Gasteiger partial charge in [0, 0.05) is 36.2 Å². The minimum atomic E-state index is -0.227. The number of nitrogens with zero attached hydrogens (tertiary/aromatic N) is 3. The van der Waals surface area contributed by atoms with E-state index in [2.05, 4.69) is 42.2 Å². The molecule has 0 aliphatic heterocycles. The van der Waals surface area contributed by atoms with E-state index in [-0.39, 0.29) is 12.5 Å². The summed E-state index contributed by atoms with van der Waals surface area (Å²) in [4.78, 5) is 21.3. The second kappa shape index (κ2) is 9.78. The van der Waals surface area contributed by atoms with Crippen LogP contribution < -0.4 is 15.0 Å². The first-order valence-electron chi connectivity index (χ1n) is 9.77. The van der Waals surface area contributed by atoms with Crippen LogP contribution >= 0.6 is 11.6 Å². The molecule has 30 heavy (non-hydrogen) atoms. The summed E-state index contributed by atoms with van der Waals surface area (Å²) >= 11 is 5.85. The van der Waals surface area contributed by atoms with Crippen molar-refractivity contribution < 1.29 is 9.53 Å². The smallest absolute Gasteiger partial charge is 0.262 e. The Labute approximate surface area is 182 Å². The molecule has 3 aromatic rings. The Kier molecular flexibility index (Phi) is 7.13. The summed E-state index contributed by atoms with van der Waals surface area (Å²) in [6, 6.07) is 14.7. The van der Waals surface area contributed by atoms with Crippen molar-refractivity contribution in [1.29, 1.82) is 0 Å². The number of hydrogen-bond acceptors (Lipinski definition) is 5. The summed E-state index contributed by atoms with van der Waals surface area (Å²) < 4.78 is 5.50. The zero-order valence-electron chi connectivity index (χ0n) is 17.8. The van der Waals surface area contributed by atoms with E-state index >= 15 is 0 Å². The molecule has 0 atom stereocenters. The summed E-state index contributed by atoms with van der Waals surface area (Å²) in [5.74, 6) is 1.31. The molecule has 2 aromatic carbocycles. The van der Waals surface area contributed by atoms with Gasteiger partial charge < -0.3 is 19.9 Å². The number of aryl methyl sites for hydroxylation is 1. The van der Waals surface area contributed by atoms with Crippen LogP contribution in [0.5, 0.6) is 5.75 Å². The van der Waals surface area contributed by atoms with E-state index in [1.807, 2.05) is 25.2 Å². The fraction of sp³-hybridized carbons (Fsp3) is 0.304. The van der Waals surface area contributed by atoms with Crippen LogP contribution in [-0.4, -0.2) is 56.6 Å². The third-order valence-corrected chi connectivity index (χ3v) is 5.00. The number of carbonyl (C=O) groups excluding carboxylic acids is 1. The molecular formula is C23H27ClN4O2. The number of hydrogen-bond donors (Lipinski definition) is 1. The average molecular weight is 427 g/mol. The third-order valence-electron chi connectivity index (χ3n) is 4.74. The minimum Gasteiger partial charge on any atom is -0.484 e. The maximum Gasteiger partial charge on any atom is 0.262 e. The second-order valence-corrected chi connectivity index (χ2v) is 7.98. The summed E-state index contributed by atoms with van der Waals surface area (Å²) in [5.41, 5.74) is 2.73. The van der Waals surface area contributed by atoms with Gasteiger partial charge in [-0.05, 0) is 75.1 Å². The highest BCUT2D eigenvalue weighted by molar-refractivity contribution is 6.30. The number of rotatable bonds is 8. The van der Waals surface area contributed by atoms with Gasteiger partial charge in [0.1, 0.15) is 11.6 Å². The molecule has 7 heteroatoms. The monoisotopic (exact) mass is 426 g/mol. The lowest BCUT2D eigenvalue weighted by Crippen LogP contribution is -2.29. The van der Waals surface area contributed by atoms with E-state index in [4.69, 9.17) is 21.3 Å². The van der Waals surface area contributed by atoms with Gasteiger partial charge in [0.05, 0.1) is 5.52 Å². The van der Waals surface area contributed by atoms with Gasteiger partial charge in [-0.3, -0.25) is 4.79 Å². The van der Waals surface area contributed by atoms with Crippen molar-refractivity contribution in [2.45, 2.75) is 6.92 Å². The zero-order valence-corrected chi connectivity index (χ0v) is 18.5. The Bertz CT molecular complexity index is 1020. The van der Waals surface area contributed by atoms with Crippen LogP contribution in [0.1, 0.15) is 5.56 Å². The Morgan fingerprint density at radius 2 is 1.80 bits per heavy atom. The molecule has 0 radical (unpaired) electrons. The van der Waals surface area contributed by atoms with Gasteiger partial charge in [0.2, 0.25) is 0 Å². The van der Waals surface area contributed by atoms with Gasteiger partial charge in [-0.1, -0.05) is 11.6 Å². The molecule has 1 aromatic heterocycles. The SMILES string of the molecule is Cc1cc(N(C)CCN(C)C)nc2ccc(NC(=O)COc3ccc(Cl)cc3)cc12. The first-order valence-corrected chi connectivity index (χ1v) is 10.1. The largest absolute Gasteiger partial charge is 0.484 e. The number of carbonyl (C=O) groups is 1. The fourth-order valence-electron chi connectivity index (χ4n) is 2.99. The average Bonchev–Trinajstić information content (AvgIpc) is 2.72. The van der Waals surface area contributed by atoms with Gasteiger partial charge in [0.25, 0.3) is 5.91 Å². The number of pyridine rings is 1. The molecule has 6 nitrogen and oxygen atoms in total. The highest BCUT2D eigenvalue weighted by Crippen LogP contribution is 2.25. The molecule has 0 saturated heterocycles. The van der Waals surface area contributed by atoms with Crippen LogP contribution in [0.25, 0.3) is 10.9 Å². The quantitative estimate of drug-likeness (QED) is 0.584. The van der Waals surface area contributed by atoms with Crippen molar-refractivity contribution in [1.82, 2.24) is 9.88 Å². The number of likely N-dealkylation sites (N-methyl/N-ethyl adjacent to an activating group) is 2. The lowest BCUT2D eigenvalue weighted by Gasteiger charge is -2.21. The number of nitrogens with one attached hydrogen (secondary N) is 1. The number of ether oxygens (including phenoxy) is 1. The van der Waals surface area contributed by atoms with Crippen LogP contribution in [0.2, 0.25) is 5.02 Å². The van der Waals surface area contributed by atoms with Gasteiger partial charge in [-0.15, -0.1) is 0 Å². The summed E-state index contributed by atoms with van der Waals surface area (Å²) in [6.45, 7) is 3.83. The Morgan fingerprint density at radius 3 is 2.50 bits per heavy atom. The van der Waals surface area contributed by atoms with Crippen molar-refractivity contribution in [3.63, 3.8) is 0 Å². The van der Waals surface area contributed by atoms with Gasteiger partial charge in [-0.2, -0.15) is 0 Å². The van der Waals surface area contributed by atoms with Crippen molar-refractivity contribution >= 4 is 39.9 Å². The van der Waals surface area contributed by atoms with Crippen LogP contribution in [-0.2, 0) is 4.79 Å². The van der Waals surface area contributed by atoms with E-state index < -0.39 is 0 Å². The molecule has 158 valence electrons. The highest BCUT2D eigenvalue weighted by Gasteiger charge is 2.10. The van der Waals surface area contributed by atoms with E-state index in [0.717, 1.165) is 35.4 Å². The summed E-state index contributed by atoms with van der Waals surface area (Å²) in [5, 5.41) is 4.51. The number of amides is 1. The molecule has 0 aliphatic rings. The first-order chi connectivity index (χ1) is 14.3. The van der Waals surface area contributed by atoms with E-state index in [9.17, 15) is 4.79 Å². The number of fused-ring (bicyclic) bond motifs is 1. The van der Waals surface area contributed by atoms with Crippen molar-refractivity contribution in [3.05, 3.63) is 59.1 Å². The lowest BCUT2D eigenvalue weighted by molar-refractivity contribution is -0.118. The molecule has 3 rings (SSSR count). The van der Waals surface area contributed by atoms with Crippen molar-refractivity contribution in [2.24, 2.45) is 0 Å². The van der Waals surface area contributed by atoms with Crippen molar-refractivity contribution in [3.8, 4) is 5.75 Å². The maximum absolute atomic E-state index is 12.3. The molecule has 0 spiro atoms. The number of aromatic nitrogens is 1. The lowest BCUT2D eigenvalue weighted by atomic mass is 10.1. The van der Waals surface area contributed by atoms with Gasteiger partial charge in [-0.25, -0.2) is 4.98 Å². The van der Waals surface area contributed by atoms with Crippen molar-refractivity contribution in [2.75, 3.05) is 51.1 Å². The standard InChI is InChI=1S/C23H27ClN4O2/c1-16-13-22(28(4)12-11-27(2)3)26-21-10-7-18(14-20(16)21)25-23(29)15-30-19-8-5-17(24)6-9-19/h5-10,13-14H,11-12,15H2,1-4H3,(H,25,29). The molecule has 0 bridgehead atoms.